The summed E-state index contributed by atoms with van der Waals surface area (Å²) in [6.45, 7) is 4.37. The molecule has 4 aromatic rings. The molecule has 0 amide bonds. The number of thiocarbonyl (C=S) groups is 1. The monoisotopic (exact) mass is 597 g/mol. The summed E-state index contributed by atoms with van der Waals surface area (Å²) in [6, 6.07) is 31.3. The Labute approximate surface area is 259 Å². The van der Waals surface area contributed by atoms with Crippen LogP contribution in [0.1, 0.15) is 36.5 Å². The summed E-state index contributed by atoms with van der Waals surface area (Å²) in [6.07, 6.45) is 6.41. The molecule has 3 heterocycles. The van der Waals surface area contributed by atoms with E-state index >= 15 is 0 Å². The van der Waals surface area contributed by atoms with Crippen molar-refractivity contribution in [2.24, 2.45) is 0 Å². The Morgan fingerprint density at radius 3 is 1.95 bits per heavy atom. The number of piperidine rings is 1. The summed E-state index contributed by atoms with van der Waals surface area (Å²) in [5.74, 6) is 0. The minimum Gasteiger partial charge on any atom is -0.467 e. The van der Waals surface area contributed by atoms with E-state index in [-0.39, 0.29) is 36.4 Å². The van der Waals surface area contributed by atoms with Crippen LogP contribution in [0.5, 0.6) is 0 Å². The lowest BCUT2D eigenvalue weighted by atomic mass is 9.93. The van der Waals surface area contributed by atoms with Gasteiger partial charge in [-0.3, -0.25) is 9.47 Å². The molecule has 43 heavy (non-hydrogen) atoms. The van der Waals surface area contributed by atoms with Crippen LogP contribution in [0.15, 0.2) is 110 Å². The van der Waals surface area contributed by atoms with Crippen molar-refractivity contribution in [2.75, 3.05) is 6.61 Å². The second-order valence-electron chi connectivity index (χ2n) is 11.4. The largest absolute Gasteiger partial charge is 0.467 e. The van der Waals surface area contributed by atoms with Crippen LogP contribution < -0.4 is 0 Å². The first-order valence-corrected chi connectivity index (χ1v) is 15.5. The van der Waals surface area contributed by atoms with Gasteiger partial charge in [0.15, 0.2) is 0 Å². The van der Waals surface area contributed by atoms with Gasteiger partial charge >= 0.3 is 0 Å². The summed E-state index contributed by atoms with van der Waals surface area (Å²) < 4.78 is 28.1. The average Bonchev–Trinajstić information content (AvgIpc) is 3.68. The van der Waals surface area contributed by atoms with E-state index in [0.717, 1.165) is 29.5 Å². The third kappa shape index (κ3) is 7.40. The van der Waals surface area contributed by atoms with Crippen molar-refractivity contribution in [1.29, 1.82) is 0 Å². The summed E-state index contributed by atoms with van der Waals surface area (Å²) >= 11 is 5.62. The van der Waals surface area contributed by atoms with E-state index in [2.05, 4.69) is 53.2 Å². The van der Waals surface area contributed by atoms with Crippen molar-refractivity contribution < 1.29 is 18.9 Å². The maximum atomic E-state index is 6.80. The number of fused-ring (bicyclic) bond motifs is 1. The molecule has 3 aromatic carbocycles. The molecule has 1 aromatic heterocycles. The van der Waals surface area contributed by atoms with E-state index in [1.54, 1.807) is 17.1 Å². The number of imidazole rings is 1. The number of hydrogen-bond acceptors (Lipinski definition) is 7. The SMILES string of the molecule is C[C@@H]1C[C@H](OC(=S)n2ccnc2)C[C@H]2[C@@H](OCc3ccccc3)[C@H](OCc3ccccc3)[C@@H](COCc3ccccc3)N12. The quantitative estimate of drug-likeness (QED) is 0.196. The molecule has 0 aliphatic carbocycles. The molecule has 0 spiro atoms. The minimum atomic E-state index is -0.188. The minimum absolute atomic E-state index is 0.0229. The van der Waals surface area contributed by atoms with Gasteiger partial charge in [-0.05, 0) is 42.3 Å². The fourth-order valence-corrected chi connectivity index (χ4v) is 6.71. The van der Waals surface area contributed by atoms with Gasteiger partial charge in [0, 0.05) is 30.9 Å². The summed E-state index contributed by atoms with van der Waals surface area (Å²) in [5.41, 5.74) is 3.43. The lowest BCUT2D eigenvalue weighted by Gasteiger charge is -2.43. The first-order chi connectivity index (χ1) is 21.2. The predicted molar refractivity (Wildman–Crippen MR) is 169 cm³/mol. The fourth-order valence-electron chi connectivity index (χ4n) is 6.47. The lowest BCUT2D eigenvalue weighted by Crippen LogP contribution is -2.53. The van der Waals surface area contributed by atoms with Crippen molar-refractivity contribution in [3.8, 4) is 0 Å². The van der Waals surface area contributed by atoms with Crippen molar-refractivity contribution in [3.05, 3.63) is 126 Å². The van der Waals surface area contributed by atoms with Crippen molar-refractivity contribution >= 4 is 17.4 Å². The molecule has 2 fully saturated rings. The molecule has 7 nitrogen and oxygen atoms in total. The zero-order chi connectivity index (χ0) is 29.4. The Balaban J connectivity index is 1.25. The molecule has 0 unspecified atom stereocenters. The van der Waals surface area contributed by atoms with Gasteiger partial charge in [-0.2, -0.15) is 0 Å². The molecule has 0 bridgehead atoms. The van der Waals surface area contributed by atoms with E-state index in [0.29, 0.717) is 31.6 Å². The third-order valence-electron chi connectivity index (χ3n) is 8.42. The second-order valence-corrected chi connectivity index (χ2v) is 11.8. The van der Waals surface area contributed by atoms with Gasteiger partial charge in [-0.1, -0.05) is 91.0 Å². The van der Waals surface area contributed by atoms with Gasteiger partial charge in [0.1, 0.15) is 24.6 Å². The molecule has 0 radical (unpaired) electrons. The van der Waals surface area contributed by atoms with Crippen LogP contribution in [0.25, 0.3) is 0 Å². The summed E-state index contributed by atoms with van der Waals surface area (Å²) in [4.78, 5) is 6.69. The first-order valence-electron chi connectivity index (χ1n) is 15.0. The zero-order valence-corrected chi connectivity index (χ0v) is 25.3. The first kappa shape index (κ1) is 29.7. The lowest BCUT2D eigenvalue weighted by molar-refractivity contribution is -0.0879. The van der Waals surface area contributed by atoms with E-state index in [1.165, 1.54) is 0 Å². The molecule has 2 aliphatic heterocycles. The zero-order valence-electron chi connectivity index (χ0n) is 24.5. The summed E-state index contributed by atoms with van der Waals surface area (Å²) in [7, 11) is 0. The topological polar surface area (TPSA) is 58.0 Å². The maximum Gasteiger partial charge on any atom is 0.269 e. The normalized spacial score (nSPS) is 25.3. The Bertz CT molecular complexity index is 1410. The van der Waals surface area contributed by atoms with Crippen molar-refractivity contribution in [1.82, 2.24) is 14.5 Å². The van der Waals surface area contributed by atoms with Crippen molar-refractivity contribution in [3.63, 3.8) is 0 Å². The Kier molecular flexibility index (Phi) is 9.92. The van der Waals surface area contributed by atoms with Gasteiger partial charge in [-0.15, -0.1) is 0 Å². The van der Waals surface area contributed by atoms with Crippen LogP contribution in [0, 0.1) is 0 Å². The predicted octanol–water partition coefficient (Wildman–Crippen LogP) is 6.02. The Morgan fingerprint density at radius 2 is 1.37 bits per heavy atom. The molecule has 224 valence electrons. The van der Waals surface area contributed by atoms with Gasteiger partial charge in [0.05, 0.1) is 32.5 Å². The highest BCUT2D eigenvalue weighted by Gasteiger charge is 2.55. The molecule has 6 rings (SSSR count). The van der Waals surface area contributed by atoms with Crippen LogP contribution in [-0.4, -0.2) is 62.7 Å². The van der Waals surface area contributed by atoms with Gasteiger partial charge in [0.25, 0.3) is 5.17 Å². The smallest absolute Gasteiger partial charge is 0.269 e. The van der Waals surface area contributed by atoms with Crippen LogP contribution >= 0.6 is 12.2 Å². The number of rotatable bonds is 11. The third-order valence-corrected chi connectivity index (χ3v) is 8.73. The number of ether oxygens (including phenoxy) is 4. The standard InChI is InChI=1S/C35H39N3O4S/c1-26-19-30(42-35(43)37-18-17-36-25-37)20-31-33(40-22-28-13-7-3-8-14-28)34(41-23-29-15-9-4-10-16-29)32(38(26)31)24-39-21-27-11-5-2-6-12-27/h2-18,25-26,30-34H,19-24H2,1H3/t26-,30+,31+,32-,33-,34-/m1/s1. The molecule has 0 saturated carbocycles. The Morgan fingerprint density at radius 1 is 0.791 bits per heavy atom. The second kappa shape index (κ2) is 14.4. The van der Waals surface area contributed by atoms with Crippen LogP contribution in [0.4, 0.5) is 0 Å². The molecule has 2 aliphatic rings. The highest BCUT2D eigenvalue weighted by atomic mass is 32.1. The highest BCUT2D eigenvalue weighted by molar-refractivity contribution is 7.80. The van der Waals surface area contributed by atoms with Gasteiger partial charge in [-0.25, -0.2) is 4.98 Å². The van der Waals surface area contributed by atoms with E-state index < -0.39 is 0 Å². The van der Waals surface area contributed by atoms with Crippen LogP contribution in [0.2, 0.25) is 0 Å². The number of hydrogen-bond donors (Lipinski definition) is 0. The number of aromatic nitrogens is 2. The van der Waals surface area contributed by atoms with Gasteiger partial charge < -0.3 is 18.9 Å². The fraction of sp³-hybridized carbons (Fsp3) is 0.371. The van der Waals surface area contributed by atoms with Crippen LogP contribution in [-0.2, 0) is 38.8 Å². The van der Waals surface area contributed by atoms with Gasteiger partial charge in [0.2, 0.25) is 0 Å². The van der Waals surface area contributed by atoms with E-state index in [9.17, 15) is 0 Å². The number of nitrogens with zero attached hydrogens (tertiary/aromatic N) is 3. The Hall–Kier alpha value is -3.40. The van der Waals surface area contributed by atoms with E-state index in [1.807, 2.05) is 60.8 Å². The van der Waals surface area contributed by atoms with Crippen LogP contribution in [0.3, 0.4) is 0 Å². The number of benzene rings is 3. The molecule has 2 saturated heterocycles. The molecule has 8 heteroatoms. The highest BCUT2D eigenvalue weighted by Crippen LogP contribution is 2.40. The summed E-state index contributed by atoms with van der Waals surface area (Å²) in [5, 5.41) is 0.419. The van der Waals surface area contributed by atoms with E-state index in [4.69, 9.17) is 31.2 Å². The molecule has 6 atom stereocenters. The van der Waals surface area contributed by atoms with Crippen molar-refractivity contribution in [2.45, 2.75) is 76.0 Å². The molecular formula is C35H39N3O4S. The molecule has 0 N–H and O–H groups in total. The maximum absolute atomic E-state index is 6.80. The molecular weight excluding hydrogens is 558 g/mol. The average molecular weight is 598 g/mol.